The summed E-state index contributed by atoms with van der Waals surface area (Å²) >= 11 is 6.10. The maximum absolute atomic E-state index is 12.0. The van der Waals surface area contributed by atoms with Crippen molar-refractivity contribution in [3.8, 4) is 0 Å². The molecule has 0 aliphatic carbocycles. The molecule has 0 aliphatic rings. The zero-order valence-electron chi connectivity index (χ0n) is 11.7. The normalized spacial score (nSPS) is 11.9. The summed E-state index contributed by atoms with van der Waals surface area (Å²) in [6, 6.07) is 7.48. The highest BCUT2D eigenvalue weighted by Gasteiger charge is 2.12. The second-order valence-corrected chi connectivity index (χ2v) is 5.06. The summed E-state index contributed by atoms with van der Waals surface area (Å²) in [5.41, 5.74) is 7.57. The van der Waals surface area contributed by atoms with E-state index in [2.05, 4.69) is 17.0 Å². The number of nitrogens with one attached hydrogen (secondary N) is 1. The smallest absolute Gasteiger partial charge is 0.287 e. The van der Waals surface area contributed by atoms with Crippen molar-refractivity contribution in [3.63, 3.8) is 0 Å². The molecular formula is C15H17ClN4O. The lowest BCUT2D eigenvalue weighted by atomic mass is 10.1. The van der Waals surface area contributed by atoms with Crippen LogP contribution in [0.4, 0.5) is 11.4 Å². The van der Waals surface area contributed by atoms with Crippen LogP contribution in [0.15, 0.2) is 47.9 Å². The van der Waals surface area contributed by atoms with Gasteiger partial charge in [0.1, 0.15) is 5.02 Å². The number of rotatable bonds is 5. The fourth-order valence-corrected chi connectivity index (χ4v) is 2.12. The lowest BCUT2D eigenvalue weighted by molar-refractivity contribution is 0.652. The van der Waals surface area contributed by atoms with Gasteiger partial charge in [-0.05, 0) is 24.6 Å². The molecule has 0 spiro atoms. The molecule has 21 heavy (non-hydrogen) atoms. The van der Waals surface area contributed by atoms with Crippen LogP contribution >= 0.6 is 11.6 Å². The van der Waals surface area contributed by atoms with Gasteiger partial charge in [-0.3, -0.25) is 4.79 Å². The SMILES string of the molecule is C=CCn1ncc(NC(C)c2ccc(N)cc2)c(Cl)c1=O. The number of allylic oxidation sites excluding steroid dienone is 1. The number of anilines is 2. The fourth-order valence-electron chi connectivity index (χ4n) is 1.92. The highest BCUT2D eigenvalue weighted by atomic mass is 35.5. The van der Waals surface area contributed by atoms with Gasteiger partial charge in [0.05, 0.1) is 18.4 Å². The monoisotopic (exact) mass is 304 g/mol. The summed E-state index contributed by atoms with van der Waals surface area (Å²) in [6.07, 6.45) is 3.13. The van der Waals surface area contributed by atoms with Crippen molar-refractivity contribution in [2.24, 2.45) is 0 Å². The van der Waals surface area contributed by atoms with E-state index in [-0.39, 0.29) is 16.6 Å². The number of benzene rings is 1. The predicted molar refractivity (Wildman–Crippen MR) is 86.6 cm³/mol. The molecule has 0 bridgehead atoms. The van der Waals surface area contributed by atoms with Crippen LogP contribution in [0.2, 0.25) is 5.02 Å². The second kappa shape index (κ2) is 6.45. The number of nitrogens with two attached hydrogens (primary N) is 1. The Labute approximate surface area is 128 Å². The molecule has 2 aromatic rings. The second-order valence-electron chi connectivity index (χ2n) is 4.68. The van der Waals surface area contributed by atoms with Gasteiger partial charge in [0.25, 0.3) is 5.56 Å². The third-order valence-electron chi connectivity index (χ3n) is 3.10. The van der Waals surface area contributed by atoms with Crippen LogP contribution in [0.25, 0.3) is 0 Å². The number of hydrogen-bond acceptors (Lipinski definition) is 4. The van der Waals surface area contributed by atoms with Crippen molar-refractivity contribution < 1.29 is 0 Å². The van der Waals surface area contributed by atoms with E-state index in [1.54, 1.807) is 12.3 Å². The first-order valence-electron chi connectivity index (χ1n) is 6.51. The summed E-state index contributed by atoms with van der Waals surface area (Å²) in [6.45, 7) is 5.87. The molecule has 1 atom stereocenters. The van der Waals surface area contributed by atoms with E-state index in [0.29, 0.717) is 17.9 Å². The van der Waals surface area contributed by atoms with Gasteiger partial charge in [-0.25, -0.2) is 4.68 Å². The first-order valence-corrected chi connectivity index (χ1v) is 6.89. The van der Waals surface area contributed by atoms with Gasteiger partial charge in [-0.2, -0.15) is 5.10 Å². The standard InChI is InChI=1S/C15H17ClN4O/c1-3-8-20-15(21)14(16)13(9-18-20)19-10(2)11-4-6-12(17)7-5-11/h3-7,9-10,19H,1,8,17H2,2H3. The van der Waals surface area contributed by atoms with E-state index in [1.165, 1.54) is 4.68 Å². The summed E-state index contributed by atoms with van der Waals surface area (Å²) in [5.74, 6) is 0. The van der Waals surface area contributed by atoms with Gasteiger partial charge in [-0.1, -0.05) is 29.8 Å². The van der Waals surface area contributed by atoms with Crippen LogP contribution in [0.5, 0.6) is 0 Å². The van der Waals surface area contributed by atoms with Gasteiger partial charge >= 0.3 is 0 Å². The first kappa shape index (κ1) is 15.1. The summed E-state index contributed by atoms with van der Waals surface area (Å²) < 4.78 is 1.26. The lowest BCUT2D eigenvalue weighted by Gasteiger charge is -2.17. The average molecular weight is 305 g/mol. The highest BCUT2D eigenvalue weighted by Crippen LogP contribution is 2.23. The molecule has 6 heteroatoms. The minimum Gasteiger partial charge on any atom is -0.399 e. The summed E-state index contributed by atoms with van der Waals surface area (Å²) in [4.78, 5) is 12.0. The van der Waals surface area contributed by atoms with Crippen LogP contribution in [0.1, 0.15) is 18.5 Å². The Morgan fingerprint density at radius 3 is 2.76 bits per heavy atom. The van der Waals surface area contributed by atoms with Gasteiger partial charge in [0, 0.05) is 11.7 Å². The first-order chi connectivity index (χ1) is 10.0. The van der Waals surface area contributed by atoms with Crippen LogP contribution in [0, 0.1) is 0 Å². The van der Waals surface area contributed by atoms with E-state index in [0.717, 1.165) is 5.56 Å². The topological polar surface area (TPSA) is 72.9 Å². The number of hydrogen-bond donors (Lipinski definition) is 2. The van der Waals surface area contributed by atoms with E-state index in [9.17, 15) is 4.79 Å². The maximum Gasteiger partial charge on any atom is 0.287 e. The molecule has 0 saturated carbocycles. The molecule has 5 nitrogen and oxygen atoms in total. The molecule has 2 rings (SSSR count). The molecule has 0 aliphatic heterocycles. The third kappa shape index (κ3) is 3.44. The quantitative estimate of drug-likeness (QED) is 0.658. The Hall–Kier alpha value is -2.27. The van der Waals surface area contributed by atoms with Crippen LogP contribution in [-0.2, 0) is 6.54 Å². The molecule has 0 fully saturated rings. The van der Waals surface area contributed by atoms with E-state index < -0.39 is 0 Å². The highest BCUT2D eigenvalue weighted by molar-refractivity contribution is 6.32. The molecule has 1 aromatic carbocycles. The number of nitrogen functional groups attached to an aromatic ring is 1. The van der Waals surface area contributed by atoms with Crippen LogP contribution in [-0.4, -0.2) is 9.78 Å². The van der Waals surface area contributed by atoms with Crippen molar-refractivity contribution in [3.05, 3.63) is 64.1 Å². The minimum absolute atomic E-state index is 0.0282. The molecule has 0 saturated heterocycles. The van der Waals surface area contributed by atoms with Crippen LogP contribution in [0.3, 0.4) is 0 Å². The molecule has 1 aromatic heterocycles. The maximum atomic E-state index is 12.0. The van der Waals surface area contributed by atoms with Gasteiger partial charge in [-0.15, -0.1) is 6.58 Å². The van der Waals surface area contributed by atoms with E-state index >= 15 is 0 Å². The van der Waals surface area contributed by atoms with E-state index in [4.69, 9.17) is 17.3 Å². The Kier molecular flexibility index (Phi) is 4.65. The third-order valence-corrected chi connectivity index (χ3v) is 3.46. The van der Waals surface area contributed by atoms with Crippen molar-refractivity contribution in [2.45, 2.75) is 19.5 Å². The zero-order valence-corrected chi connectivity index (χ0v) is 12.5. The summed E-state index contributed by atoms with van der Waals surface area (Å²) in [7, 11) is 0. The molecular weight excluding hydrogens is 288 g/mol. The van der Waals surface area contributed by atoms with Gasteiger partial charge in [0.15, 0.2) is 0 Å². The molecule has 1 heterocycles. The molecule has 110 valence electrons. The Morgan fingerprint density at radius 1 is 1.48 bits per heavy atom. The summed E-state index contributed by atoms with van der Waals surface area (Å²) in [5, 5.41) is 7.36. The van der Waals surface area contributed by atoms with Crippen LogP contribution < -0.4 is 16.6 Å². The van der Waals surface area contributed by atoms with Gasteiger partial charge in [0.2, 0.25) is 0 Å². The Morgan fingerprint density at radius 2 is 2.14 bits per heavy atom. The van der Waals surface area contributed by atoms with Crippen molar-refractivity contribution in [1.29, 1.82) is 0 Å². The zero-order chi connectivity index (χ0) is 15.4. The number of nitrogens with zero attached hydrogens (tertiary/aromatic N) is 2. The van der Waals surface area contributed by atoms with Crippen molar-refractivity contribution in [2.75, 3.05) is 11.1 Å². The predicted octanol–water partition coefficient (Wildman–Crippen LogP) is 2.84. The minimum atomic E-state index is -0.342. The van der Waals surface area contributed by atoms with Crippen molar-refractivity contribution in [1.82, 2.24) is 9.78 Å². The lowest BCUT2D eigenvalue weighted by Crippen LogP contribution is -2.24. The Bertz CT molecular complexity index is 694. The average Bonchev–Trinajstić information content (AvgIpc) is 2.47. The molecule has 0 amide bonds. The van der Waals surface area contributed by atoms with Crippen molar-refractivity contribution >= 4 is 23.0 Å². The fraction of sp³-hybridized carbons (Fsp3) is 0.200. The molecule has 0 radical (unpaired) electrons. The van der Waals surface area contributed by atoms with Gasteiger partial charge < -0.3 is 11.1 Å². The largest absolute Gasteiger partial charge is 0.399 e. The Balaban J connectivity index is 2.23. The molecule has 1 unspecified atom stereocenters. The number of aromatic nitrogens is 2. The van der Waals surface area contributed by atoms with E-state index in [1.807, 2.05) is 31.2 Å². The number of halogens is 1. The molecule has 3 N–H and O–H groups in total.